The summed E-state index contributed by atoms with van der Waals surface area (Å²) < 4.78 is 7.95. The quantitative estimate of drug-likeness (QED) is 0.306. The Hall–Kier alpha value is -1.77. The molecule has 0 saturated heterocycles. The molecule has 0 unspecified atom stereocenters. The minimum atomic E-state index is 0. The van der Waals surface area contributed by atoms with Gasteiger partial charge in [0.1, 0.15) is 5.75 Å². The topological polar surface area (TPSA) is 63.5 Å². The molecule has 2 N–H and O–H groups in total. The SMILES string of the molecule is CCNC(=NCc1ccccc1OCC1CC1)NCCc1c(C)nn(C)c1C.I. The number of hydrogen-bond acceptors (Lipinski definition) is 3. The predicted octanol–water partition coefficient (Wildman–Crippen LogP) is 3.74. The Morgan fingerprint density at radius 3 is 2.66 bits per heavy atom. The third-order valence-corrected chi connectivity index (χ3v) is 5.22. The van der Waals surface area contributed by atoms with Crippen molar-refractivity contribution in [3.63, 3.8) is 0 Å². The van der Waals surface area contributed by atoms with Crippen LogP contribution in [0.4, 0.5) is 0 Å². The van der Waals surface area contributed by atoms with Crippen molar-refractivity contribution in [2.75, 3.05) is 19.7 Å². The standard InChI is InChI=1S/C22H33N5O.HI/c1-5-23-22(24-13-12-20-16(2)26-27(4)17(20)3)25-14-19-8-6-7-9-21(19)28-15-18-10-11-18;/h6-9,18H,5,10-15H2,1-4H3,(H2,23,24,25);1H. The number of aromatic nitrogens is 2. The summed E-state index contributed by atoms with van der Waals surface area (Å²) >= 11 is 0. The molecule has 0 bridgehead atoms. The van der Waals surface area contributed by atoms with Crippen LogP contribution in [0.15, 0.2) is 29.3 Å². The molecular weight excluding hydrogens is 477 g/mol. The van der Waals surface area contributed by atoms with E-state index in [1.54, 1.807) is 0 Å². The van der Waals surface area contributed by atoms with Crippen LogP contribution in [0, 0.1) is 19.8 Å². The van der Waals surface area contributed by atoms with E-state index in [-0.39, 0.29) is 24.0 Å². The second-order valence-electron chi connectivity index (χ2n) is 7.51. The summed E-state index contributed by atoms with van der Waals surface area (Å²) in [5, 5.41) is 11.3. The van der Waals surface area contributed by atoms with Crippen LogP contribution in [0.25, 0.3) is 0 Å². The molecule has 1 aliphatic carbocycles. The van der Waals surface area contributed by atoms with Gasteiger partial charge in [0.05, 0.1) is 18.8 Å². The Morgan fingerprint density at radius 2 is 2.00 bits per heavy atom. The molecule has 0 atom stereocenters. The zero-order chi connectivity index (χ0) is 19.9. The molecule has 0 amide bonds. The number of hydrogen-bond donors (Lipinski definition) is 2. The fourth-order valence-electron chi connectivity index (χ4n) is 3.26. The molecule has 1 heterocycles. The number of aliphatic imine (C=N–C) groups is 1. The van der Waals surface area contributed by atoms with Crippen LogP contribution in [-0.2, 0) is 20.0 Å². The maximum atomic E-state index is 6.00. The molecule has 160 valence electrons. The van der Waals surface area contributed by atoms with Crippen LogP contribution >= 0.6 is 24.0 Å². The Kier molecular flexibility index (Phi) is 9.26. The number of halogens is 1. The van der Waals surface area contributed by atoms with E-state index in [4.69, 9.17) is 9.73 Å². The van der Waals surface area contributed by atoms with Gasteiger partial charge in [0, 0.05) is 31.4 Å². The van der Waals surface area contributed by atoms with E-state index in [9.17, 15) is 0 Å². The predicted molar refractivity (Wildman–Crippen MR) is 129 cm³/mol. The summed E-state index contributed by atoms with van der Waals surface area (Å²) in [6, 6.07) is 8.21. The van der Waals surface area contributed by atoms with E-state index >= 15 is 0 Å². The molecular formula is C22H34IN5O. The number of nitrogens with one attached hydrogen (secondary N) is 2. The number of benzene rings is 1. The number of aryl methyl sites for hydroxylation is 2. The molecule has 1 aromatic carbocycles. The van der Waals surface area contributed by atoms with Gasteiger partial charge in [-0.2, -0.15) is 5.10 Å². The summed E-state index contributed by atoms with van der Waals surface area (Å²) in [5.41, 5.74) is 4.76. The first kappa shape index (κ1) is 23.5. The Morgan fingerprint density at radius 1 is 1.24 bits per heavy atom. The highest BCUT2D eigenvalue weighted by atomic mass is 127. The largest absolute Gasteiger partial charge is 0.493 e. The monoisotopic (exact) mass is 511 g/mol. The normalized spacial score (nSPS) is 13.7. The lowest BCUT2D eigenvalue weighted by Gasteiger charge is -2.13. The first-order valence-corrected chi connectivity index (χ1v) is 10.3. The minimum Gasteiger partial charge on any atom is -0.493 e. The summed E-state index contributed by atoms with van der Waals surface area (Å²) in [4.78, 5) is 4.76. The van der Waals surface area contributed by atoms with Crippen molar-refractivity contribution in [3.05, 3.63) is 46.8 Å². The highest BCUT2D eigenvalue weighted by Crippen LogP contribution is 2.30. The van der Waals surface area contributed by atoms with Gasteiger partial charge < -0.3 is 15.4 Å². The van der Waals surface area contributed by atoms with Crippen LogP contribution < -0.4 is 15.4 Å². The molecule has 6 nitrogen and oxygen atoms in total. The fourth-order valence-corrected chi connectivity index (χ4v) is 3.26. The van der Waals surface area contributed by atoms with Gasteiger partial charge >= 0.3 is 0 Å². The number of guanidine groups is 1. The molecule has 2 aromatic rings. The van der Waals surface area contributed by atoms with Crippen molar-refractivity contribution in [1.82, 2.24) is 20.4 Å². The van der Waals surface area contributed by atoms with E-state index < -0.39 is 0 Å². The van der Waals surface area contributed by atoms with Crippen LogP contribution in [0.3, 0.4) is 0 Å². The first-order valence-electron chi connectivity index (χ1n) is 10.3. The number of para-hydroxylation sites is 1. The molecule has 1 fully saturated rings. The zero-order valence-electron chi connectivity index (χ0n) is 18.0. The zero-order valence-corrected chi connectivity index (χ0v) is 20.3. The second-order valence-corrected chi connectivity index (χ2v) is 7.51. The highest BCUT2D eigenvalue weighted by molar-refractivity contribution is 14.0. The van der Waals surface area contributed by atoms with Crippen LogP contribution in [0.5, 0.6) is 5.75 Å². The summed E-state index contributed by atoms with van der Waals surface area (Å²) in [6.45, 7) is 9.34. The second kappa shape index (κ2) is 11.4. The third kappa shape index (κ3) is 6.90. The Labute approximate surface area is 191 Å². The number of rotatable bonds is 9. The third-order valence-electron chi connectivity index (χ3n) is 5.22. The van der Waals surface area contributed by atoms with Gasteiger partial charge in [0.2, 0.25) is 0 Å². The molecule has 7 heteroatoms. The minimum absolute atomic E-state index is 0. The van der Waals surface area contributed by atoms with Crippen molar-refractivity contribution in [1.29, 1.82) is 0 Å². The lowest BCUT2D eigenvalue weighted by atomic mass is 10.1. The van der Waals surface area contributed by atoms with E-state index in [0.717, 1.165) is 55.0 Å². The van der Waals surface area contributed by atoms with Crippen LogP contribution in [-0.4, -0.2) is 35.4 Å². The van der Waals surface area contributed by atoms with E-state index in [2.05, 4.69) is 42.6 Å². The maximum absolute atomic E-state index is 6.00. The van der Waals surface area contributed by atoms with Crippen molar-refractivity contribution < 1.29 is 4.74 Å². The van der Waals surface area contributed by atoms with Crippen molar-refractivity contribution >= 4 is 29.9 Å². The van der Waals surface area contributed by atoms with Crippen molar-refractivity contribution in [3.8, 4) is 5.75 Å². The summed E-state index contributed by atoms with van der Waals surface area (Å²) in [6.07, 6.45) is 3.52. The number of nitrogens with zero attached hydrogens (tertiary/aromatic N) is 3. The van der Waals surface area contributed by atoms with Crippen LogP contribution in [0.2, 0.25) is 0 Å². The van der Waals surface area contributed by atoms with E-state index in [1.807, 2.05) is 29.9 Å². The summed E-state index contributed by atoms with van der Waals surface area (Å²) in [7, 11) is 1.99. The fraction of sp³-hybridized carbons (Fsp3) is 0.545. The highest BCUT2D eigenvalue weighted by Gasteiger charge is 2.22. The first-order chi connectivity index (χ1) is 13.6. The van der Waals surface area contributed by atoms with Gasteiger partial charge in [0.15, 0.2) is 5.96 Å². The number of ether oxygens (including phenoxy) is 1. The molecule has 0 radical (unpaired) electrons. The molecule has 29 heavy (non-hydrogen) atoms. The summed E-state index contributed by atoms with van der Waals surface area (Å²) in [5.74, 6) is 2.53. The lowest BCUT2D eigenvalue weighted by molar-refractivity contribution is 0.297. The molecule has 1 saturated carbocycles. The molecule has 3 rings (SSSR count). The van der Waals surface area contributed by atoms with Gasteiger partial charge in [-0.3, -0.25) is 4.68 Å². The Balaban J connectivity index is 0.00000300. The van der Waals surface area contributed by atoms with E-state index in [0.29, 0.717) is 6.54 Å². The Bertz CT molecular complexity index is 814. The average molecular weight is 511 g/mol. The van der Waals surface area contributed by atoms with Gasteiger partial charge in [-0.25, -0.2) is 4.99 Å². The smallest absolute Gasteiger partial charge is 0.191 e. The molecule has 0 aliphatic heterocycles. The van der Waals surface area contributed by atoms with Crippen molar-refractivity contribution in [2.45, 2.75) is 46.6 Å². The van der Waals surface area contributed by atoms with Crippen molar-refractivity contribution in [2.24, 2.45) is 18.0 Å². The van der Waals surface area contributed by atoms with E-state index in [1.165, 1.54) is 24.1 Å². The van der Waals surface area contributed by atoms with Gasteiger partial charge in [0.25, 0.3) is 0 Å². The van der Waals surface area contributed by atoms with Gasteiger partial charge in [-0.05, 0) is 57.6 Å². The molecule has 1 aromatic heterocycles. The van der Waals surface area contributed by atoms with Gasteiger partial charge in [-0.1, -0.05) is 18.2 Å². The lowest BCUT2D eigenvalue weighted by Crippen LogP contribution is -2.38. The molecule has 1 aliphatic rings. The van der Waals surface area contributed by atoms with Gasteiger partial charge in [-0.15, -0.1) is 24.0 Å². The molecule has 0 spiro atoms. The van der Waals surface area contributed by atoms with Crippen LogP contribution in [0.1, 0.15) is 42.3 Å². The maximum Gasteiger partial charge on any atom is 0.191 e. The average Bonchev–Trinajstić information content (AvgIpc) is 3.48.